The molecular weight excluding hydrogens is 498 g/mol. The summed E-state index contributed by atoms with van der Waals surface area (Å²) in [7, 11) is 0. The number of ketones is 1. The molecule has 1 amide bonds. The molecule has 0 saturated heterocycles. The molecule has 11 heteroatoms. The molecule has 9 nitrogen and oxygen atoms in total. The van der Waals surface area contributed by atoms with Crippen LogP contribution >= 0.6 is 22.9 Å². The van der Waals surface area contributed by atoms with Crippen molar-refractivity contribution in [3.05, 3.63) is 75.5 Å². The summed E-state index contributed by atoms with van der Waals surface area (Å²) in [5, 5.41) is 11.6. The molecule has 0 saturated carbocycles. The average molecular weight is 522 g/mol. The topological polar surface area (TPSA) is 124 Å². The average Bonchev–Trinajstić information content (AvgIpc) is 3.36. The maximum Gasteiger partial charge on any atom is 0.268 e. The van der Waals surface area contributed by atoms with Crippen molar-refractivity contribution in [1.82, 2.24) is 30.1 Å². The molecule has 0 aliphatic heterocycles. The Kier molecular flexibility index (Phi) is 7.46. The van der Waals surface area contributed by atoms with Crippen LogP contribution in [-0.2, 0) is 5.41 Å². The lowest BCUT2D eigenvalue weighted by atomic mass is 9.88. The van der Waals surface area contributed by atoms with Gasteiger partial charge in [0.2, 0.25) is 0 Å². The Balaban J connectivity index is 1.43. The van der Waals surface area contributed by atoms with Crippen molar-refractivity contribution < 1.29 is 9.59 Å². The normalized spacial score (nSPS) is 12.2. The van der Waals surface area contributed by atoms with Crippen LogP contribution in [0.3, 0.4) is 0 Å². The monoisotopic (exact) mass is 521 g/mol. The van der Waals surface area contributed by atoms with Crippen LogP contribution in [-0.4, -0.2) is 41.8 Å². The molecule has 0 aliphatic carbocycles. The first-order chi connectivity index (χ1) is 17.1. The molecule has 0 aromatic carbocycles. The first-order valence-electron chi connectivity index (χ1n) is 11.2. The van der Waals surface area contributed by atoms with Crippen LogP contribution in [0.15, 0.2) is 49.2 Å². The van der Waals surface area contributed by atoms with E-state index in [9.17, 15) is 9.59 Å². The number of nitrogens with one attached hydrogen (secondary N) is 1. The highest BCUT2D eigenvalue weighted by molar-refractivity contribution is 7.13. The van der Waals surface area contributed by atoms with Gasteiger partial charge < -0.3 is 5.32 Å². The van der Waals surface area contributed by atoms with Crippen LogP contribution in [0.4, 0.5) is 5.82 Å². The maximum atomic E-state index is 12.9. The summed E-state index contributed by atoms with van der Waals surface area (Å²) in [5.74, 6) is -0.391. The molecule has 4 aromatic rings. The first-order valence-corrected chi connectivity index (χ1v) is 12.4. The molecule has 0 spiro atoms. The lowest BCUT2D eigenvalue weighted by molar-refractivity contribution is 0.0969. The number of pyridine rings is 1. The summed E-state index contributed by atoms with van der Waals surface area (Å²) >= 11 is 7.39. The Bertz CT molecular complexity index is 1400. The van der Waals surface area contributed by atoms with Crippen LogP contribution in [0, 0.1) is 0 Å². The molecule has 1 unspecified atom stereocenters. The van der Waals surface area contributed by atoms with Gasteiger partial charge in [-0.05, 0) is 29.7 Å². The minimum atomic E-state index is -0.356. The van der Waals surface area contributed by atoms with Gasteiger partial charge in [-0.2, -0.15) is 0 Å². The number of aromatic nitrogens is 6. The van der Waals surface area contributed by atoms with Gasteiger partial charge in [-0.15, -0.1) is 21.5 Å². The lowest BCUT2D eigenvalue weighted by Crippen LogP contribution is -2.17. The van der Waals surface area contributed by atoms with E-state index in [0.717, 1.165) is 11.1 Å². The molecule has 0 radical (unpaired) electrons. The Morgan fingerprint density at radius 3 is 2.64 bits per heavy atom. The Morgan fingerprint density at radius 2 is 1.92 bits per heavy atom. The summed E-state index contributed by atoms with van der Waals surface area (Å²) < 4.78 is 0. The van der Waals surface area contributed by atoms with Gasteiger partial charge in [0.1, 0.15) is 16.9 Å². The second-order valence-electron chi connectivity index (χ2n) is 9.26. The van der Waals surface area contributed by atoms with Crippen molar-refractivity contribution in [2.24, 2.45) is 0 Å². The van der Waals surface area contributed by atoms with Crippen molar-refractivity contribution in [1.29, 1.82) is 0 Å². The Morgan fingerprint density at radius 1 is 1.11 bits per heavy atom. The lowest BCUT2D eigenvalue weighted by Gasteiger charge is -2.20. The van der Waals surface area contributed by atoms with E-state index in [-0.39, 0.29) is 29.4 Å². The third-order valence-corrected chi connectivity index (χ3v) is 6.88. The number of hydrogen-bond donors (Lipinski definition) is 1. The zero-order chi connectivity index (χ0) is 25.9. The van der Waals surface area contributed by atoms with E-state index < -0.39 is 0 Å². The van der Waals surface area contributed by atoms with E-state index in [1.165, 1.54) is 23.9 Å². The van der Waals surface area contributed by atoms with Crippen LogP contribution in [0.1, 0.15) is 70.8 Å². The van der Waals surface area contributed by atoms with Crippen LogP contribution in [0.2, 0.25) is 5.15 Å². The number of thiazole rings is 1. The van der Waals surface area contributed by atoms with Gasteiger partial charge in [0.05, 0.1) is 16.9 Å². The number of anilines is 1. The number of nitrogens with zero attached hydrogens (tertiary/aromatic N) is 6. The number of Topliss-reactive ketones (excluding diaryl/α,β-unsaturated/α-hetero) is 1. The van der Waals surface area contributed by atoms with Gasteiger partial charge >= 0.3 is 0 Å². The number of halogens is 1. The molecule has 4 rings (SSSR count). The molecular formula is C25H24ClN7O2S. The molecule has 1 atom stereocenters. The first kappa shape index (κ1) is 25.5. The van der Waals surface area contributed by atoms with E-state index in [1.54, 1.807) is 30.6 Å². The summed E-state index contributed by atoms with van der Waals surface area (Å²) in [6.07, 6.45) is 6.41. The largest absolute Gasteiger partial charge is 0.304 e. The van der Waals surface area contributed by atoms with Crippen molar-refractivity contribution >= 4 is 40.4 Å². The van der Waals surface area contributed by atoms with Crippen molar-refractivity contribution in [2.75, 3.05) is 5.32 Å². The molecule has 0 bridgehead atoms. The summed E-state index contributed by atoms with van der Waals surface area (Å²) in [4.78, 5) is 42.9. The van der Waals surface area contributed by atoms with E-state index in [4.69, 9.17) is 11.6 Å². The molecule has 0 aliphatic rings. The number of hydrogen-bond acceptors (Lipinski definition) is 9. The fourth-order valence-corrected chi connectivity index (χ4v) is 4.65. The van der Waals surface area contributed by atoms with Crippen molar-refractivity contribution in [3.8, 4) is 11.3 Å². The second kappa shape index (κ2) is 10.5. The van der Waals surface area contributed by atoms with E-state index >= 15 is 0 Å². The Hall–Kier alpha value is -3.63. The third-order valence-electron chi connectivity index (χ3n) is 5.37. The number of amides is 1. The highest BCUT2D eigenvalue weighted by Gasteiger charge is 2.22. The van der Waals surface area contributed by atoms with Gasteiger partial charge in [0.15, 0.2) is 16.8 Å². The number of carbonyl (C=O) groups is 2. The quantitative estimate of drug-likeness (QED) is 0.322. The third kappa shape index (κ3) is 5.95. The van der Waals surface area contributed by atoms with Gasteiger partial charge in [0.25, 0.3) is 5.91 Å². The zero-order valence-electron chi connectivity index (χ0n) is 20.2. The second-order valence-corrected chi connectivity index (χ2v) is 10.7. The SMILES string of the molecule is CC(CC(=O)c1cc(-c2cccnc2)ncn1)c1ncc(C(=O)Nc2cc(C(C)(C)C)c(Cl)nn2)s1. The highest BCUT2D eigenvalue weighted by Crippen LogP contribution is 2.30. The minimum absolute atomic E-state index is 0.137. The standard InChI is InChI=1S/C25H24ClN7O2S/c1-14(8-19(34)18-10-17(29-13-30-18)15-6-5-7-27-11-15)24-28-12-20(36-24)23(35)31-21-9-16(25(2,3)4)22(26)33-32-21/h5-7,9-14H,8H2,1-4H3,(H,31,32,35). The predicted molar refractivity (Wildman–Crippen MR) is 138 cm³/mol. The molecule has 4 heterocycles. The molecule has 4 aromatic heterocycles. The summed E-state index contributed by atoms with van der Waals surface area (Å²) in [5.41, 5.74) is 2.28. The van der Waals surface area contributed by atoms with Gasteiger partial charge in [-0.1, -0.05) is 39.3 Å². The maximum absolute atomic E-state index is 12.9. The fourth-order valence-electron chi connectivity index (χ4n) is 3.41. The fraction of sp³-hybridized carbons (Fsp3) is 0.280. The van der Waals surface area contributed by atoms with Gasteiger partial charge in [-0.25, -0.2) is 15.0 Å². The van der Waals surface area contributed by atoms with Crippen molar-refractivity contribution in [2.45, 2.75) is 45.4 Å². The summed E-state index contributed by atoms with van der Waals surface area (Å²) in [6.45, 7) is 7.89. The van der Waals surface area contributed by atoms with E-state index in [0.29, 0.717) is 32.2 Å². The Labute approximate surface area is 217 Å². The summed E-state index contributed by atoms with van der Waals surface area (Å²) in [6, 6.07) is 7.05. The molecule has 0 fully saturated rings. The zero-order valence-corrected chi connectivity index (χ0v) is 21.8. The van der Waals surface area contributed by atoms with Crippen LogP contribution in [0.25, 0.3) is 11.3 Å². The number of rotatable bonds is 7. The minimum Gasteiger partial charge on any atom is -0.304 e. The van der Waals surface area contributed by atoms with Crippen LogP contribution in [0.5, 0.6) is 0 Å². The van der Waals surface area contributed by atoms with Gasteiger partial charge in [-0.3, -0.25) is 14.6 Å². The highest BCUT2D eigenvalue weighted by atomic mass is 35.5. The van der Waals surface area contributed by atoms with Crippen molar-refractivity contribution in [3.63, 3.8) is 0 Å². The number of carbonyl (C=O) groups excluding carboxylic acids is 2. The van der Waals surface area contributed by atoms with Gasteiger partial charge in [0, 0.05) is 35.9 Å². The van der Waals surface area contributed by atoms with Crippen LogP contribution < -0.4 is 5.32 Å². The molecule has 184 valence electrons. The molecule has 36 heavy (non-hydrogen) atoms. The smallest absolute Gasteiger partial charge is 0.268 e. The van der Waals surface area contributed by atoms with E-state index in [2.05, 4.69) is 35.5 Å². The predicted octanol–water partition coefficient (Wildman–Crippen LogP) is 5.36. The molecule has 1 N–H and O–H groups in total. The van der Waals surface area contributed by atoms with E-state index in [1.807, 2.05) is 33.8 Å².